The minimum Gasteiger partial charge on any atom is -0.490 e. The smallest absolute Gasteiger partial charge is 0.184 e. The first-order valence-corrected chi connectivity index (χ1v) is 8.70. The second-order valence-corrected chi connectivity index (χ2v) is 6.04. The number of anilines is 2. The number of nitrogens with zero attached hydrogens (tertiary/aromatic N) is 1. The molecule has 4 nitrogen and oxygen atoms in total. The molecule has 0 aliphatic carbocycles. The number of hydrogen-bond acceptors (Lipinski definition) is 4. The first-order chi connectivity index (χ1) is 11.8. The Labute approximate surface area is 144 Å². The molecule has 0 aromatic heterocycles. The molecule has 0 saturated heterocycles. The summed E-state index contributed by atoms with van der Waals surface area (Å²) in [6.07, 6.45) is 2.11. The maximum absolute atomic E-state index is 5.77. The topological polar surface area (TPSA) is 33.7 Å². The van der Waals surface area contributed by atoms with Gasteiger partial charge in [-0.05, 0) is 49.6 Å². The quantitative estimate of drug-likeness (QED) is 0.835. The molecule has 1 aliphatic heterocycles. The van der Waals surface area contributed by atoms with Gasteiger partial charge in [0.1, 0.15) is 6.61 Å². The molecule has 1 heterocycles. The second-order valence-electron chi connectivity index (χ2n) is 6.04. The largest absolute Gasteiger partial charge is 0.490 e. The van der Waals surface area contributed by atoms with Crippen LogP contribution in [0.4, 0.5) is 11.4 Å². The van der Waals surface area contributed by atoms with Gasteiger partial charge in [0.15, 0.2) is 11.5 Å². The molecular formula is C20H26N2O2. The van der Waals surface area contributed by atoms with Crippen LogP contribution in [0, 0.1) is 0 Å². The summed E-state index contributed by atoms with van der Waals surface area (Å²) in [7, 11) is 2.14. The average molecular weight is 326 g/mol. The summed E-state index contributed by atoms with van der Waals surface area (Å²) in [5.74, 6) is 1.71. The predicted molar refractivity (Wildman–Crippen MR) is 99.6 cm³/mol. The van der Waals surface area contributed by atoms with Crippen molar-refractivity contribution < 1.29 is 9.47 Å². The molecular weight excluding hydrogens is 300 g/mol. The number of aryl methyl sites for hydroxylation is 1. The molecule has 0 radical (unpaired) electrons. The molecule has 0 saturated carbocycles. The van der Waals surface area contributed by atoms with Gasteiger partial charge in [-0.1, -0.05) is 18.2 Å². The molecule has 0 unspecified atom stereocenters. The van der Waals surface area contributed by atoms with Crippen LogP contribution in [0.25, 0.3) is 0 Å². The molecule has 2 aromatic rings. The van der Waals surface area contributed by atoms with E-state index in [-0.39, 0.29) is 0 Å². The van der Waals surface area contributed by atoms with E-state index in [2.05, 4.69) is 59.7 Å². The van der Waals surface area contributed by atoms with Crippen LogP contribution in [0.5, 0.6) is 11.5 Å². The summed E-state index contributed by atoms with van der Waals surface area (Å²) >= 11 is 0. The van der Waals surface area contributed by atoms with E-state index >= 15 is 0 Å². The molecule has 1 aliphatic rings. The molecule has 3 rings (SSSR count). The van der Waals surface area contributed by atoms with Crippen molar-refractivity contribution in [3.05, 3.63) is 48.0 Å². The zero-order valence-electron chi connectivity index (χ0n) is 14.5. The molecule has 0 atom stereocenters. The standard InChI is InChI=1S/C20H26N2O2/c1-3-23-19-15-16(14-18-20(19)24-13-11-21-18)8-7-12-22(2)17-9-5-4-6-10-17/h4-6,9-10,14-15,21H,3,7-8,11-13H2,1-2H3. The normalized spacial score (nSPS) is 12.8. The van der Waals surface area contributed by atoms with Gasteiger partial charge in [0.05, 0.1) is 12.3 Å². The van der Waals surface area contributed by atoms with E-state index in [0.29, 0.717) is 13.2 Å². The molecule has 2 aromatic carbocycles. The Hall–Kier alpha value is -2.36. The minimum atomic E-state index is 0.649. The first kappa shape index (κ1) is 16.5. The van der Waals surface area contributed by atoms with Crippen LogP contribution < -0.4 is 19.7 Å². The zero-order chi connectivity index (χ0) is 16.8. The Bertz CT molecular complexity index is 658. The van der Waals surface area contributed by atoms with E-state index < -0.39 is 0 Å². The van der Waals surface area contributed by atoms with Crippen LogP contribution in [0.2, 0.25) is 0 Å². The summed E-state index contributed by atoms with van der Waals surface area (Å²) in [6, 6.07) is 14.8. The van der Waals surface area contributed by atoms with Gasteiger partial charge < -0.3 is 19.7 Å². The Balaban J connectivity index is 1.63. The summed E-state index contributed by atoms with van der Waals surface area (Å²) in [4.78, 5) is 2.29. The van der Waals surface area contributed by atoms with Crippen LogP contribution in [-0.2, 0) is 6.42 Å². The van der Waals surface area contributed by atoms with Gasteiger partial charge in [0.2, 0.25) is 0 Å². The molecule has 128 valence electrons. The van der Waals surface area contributed by atoms with Crippen LogP contribution in [0.3, 0.4) is 0 Å². The third-order valence-corrected chi connectivity index (χ3v) is 4.23. The lowest BCUT2D eigenvalue weighted by atomic mass is 10.1. The van der Waals surface area contributed by atoms with Crippen LogP contribution in [-0.4, -0.2) is 33.4 Å². The van der Waals surface area contributed by atoms with Crippen molar-refractivity contribution in [3.63, 3.8) is 0 Å². The van der Waals surface area contributed by atoms with Crippen molar-refractivity contribution in [1.29, 1.82) is 0 Å². The van der Waals surface area contributed by atoms with E-state index in [9.17, 15) is 0 Å². The molecule has 0 spiro atoms. The third-order valence-electron chi connectivity index (χ3n) is 4.23. The molecule has 0 fully saturated rings. The molecule has 4 heteroatoms. The molecule has 0 amide bonds. The highest BCUT2D eigenvalue weighted by atomic mass is 16.5. The van der Waals surface area contributed by atoms with Gasteiger partial charge in [0, 0.05) is 25.8 Å². The van der Waals surface area contributed by atoms with Gasteiger partial charge in [-0.25, -0.2) is 0 Å². The first-order valence-electron chi connectivity index (χ1n) is 8.70. The molecule has 1 N–H and O–H groups in total. The van der Waals surface area contributed by atoms with Crippen molar-refractivity contribution in [3.8, 4) is 11.5 Å². The fourth-order valence-electron chi connectivity index (χ4n) is 3.02. The SMILES string of the molecule is CCOc1cc(CCCN(C)c2ccccc2)cc2c1OCCN2. The van der Waals surface area contributed by atoms with Crippen LogP contribution in [0.1, 0.15) is 18.9 Å². The monoisotopic (exact) mass is 326 g/mol. The fraction of sp³-hybridized carbons (Fsp3) is 0.400. The van der Waals surface area contributed by atoms with Gasteiger partial charge in [-0.2, -0.15) is 0 Å². The Morgan fingerprint density at radius 2 is 2.04 bits per heavy atom. The van der Waals surface area contributed by atoms with Gasteiger partial charge in [-0.3, -0.25) is 0 Å². The number of benzene rings is 2. The highest BCUT2D eigenvalue weighted by Crippen LogP contribution is 2.39. The summed E-state index contributed by atoms with van der Waals surface area (Å²) in [5, 5.41) is 3.41. The van der Waals surface area contributed by atoms with Crippen LogP contribution >= 0.6 is 0 Å². The number of rotatable bonds is 7. The van der Waals surface area contributed by atoms with E-state index in [1.807, 2.05) is 6.92 Å². The Morgan fingerprint density at radius 1 is 1.21 bits per heavy atom. The number of hydrogen-bond donors (Lipinski definition) is 1. The maximum Gasteiger partial charge on any atom is 0.184 e. The highest BCUT2D eigenvalue weighted by Gasteiger charge is 2.17. The van der Waals surface area contributed by atoms with E-state index in [4.69, 9.17) is 9.47 Å². The second kappa shape index (κ2) is 7.95. The van der Waals surface area contributed by atoms with Crippen molar-refractivity contribution >= 4 is 11.4 Å². The summed E-state index contributed by atoms with van der Waals surface area (Å²) in [5.41, 5.74) is 3.60. The summed E-state index contributed by atoms with van der Waals surface area (Å²) < 4.78 is 11.5. The third kappa shape index (κ3) is 3.94. The summed E-state index contributed by atoms with van der Waals surface area (Å²) in [6.45, 7) is 5.21. The van der Waals surface area contributed by atoms with E-state index in [1.54, 1.807) is 0 Å². The molecule has 24 heavy (non-hydrogen) atoms. The lowest BCUT2D eigenvalue weighted by Crippen LogP contribution is -2.20. The van der Waals surface area contributed by atoms with Crippen LogP contribution in [0.15, 0.2) is 42.5 Å². The zero-order valence-corrected chi connectivity index (χ0v) is 14.5. The predicted octanol–water partition coefficient (Wildman–Crippen LogP) is 3.96. The number of para-hydroxylation sites is 1. The van der Waals surface area contributed by atoms with Gasteiger partial charge in [0.25, 0.3) is 0 Å². The number of fused-ring (bicyclic) bond motifs is 1. The minimum absolute atomic E-state index is 0.649. The van der Waals surface area contributed by atoms with Crippen molar-refractivity contribution in [2.75, 3.05) is 43.6 Å². The lowest BCUT2D eigenvalue weighted by Gasteiger charge is -2.23. The average Bonchev–Trinajstić information content (AvgIpc) is 2.63. The lowest BCUT2D eigenvalue weighted by molar-refractivity contribution is 0.279. The fourth-order valence-corrected chi connectivity index (χ4v) is 3.02. The Morgan fingerprint density at radius 3 is 2.83 bits per heavy atom. The number of ether oxygens (including phenoxy) is 2. The van der Waals surface area contributed by atoms with Crippen molar-refractivity contribution in [2.24, 2.45) is 0 Å². The number of nitrogens with one attached hydrogen (secondary N) is 1. The van der Waals surface area contributed by atoms with Gasteiger partial charge in [-0.15, -0.1) is 0 Å². The maximum atomic E-state index is 5.77. The van der Waals surface area contributed by atoms with E-state index in [0.717, 1.165) is 43.1 Å². The Kier molecular flexibility index (Phi) is 5.47. The van der Waals surface area contributed by atoms with Gasteiger partial charge >= 0.3 is 0 Å². The van der Waals surface area contributed by atoms with E-state index in [1.165, 1.54) is 11.3 Å². The van der Waals surface area contributed by atoms with Crippen molar-refractivity contribution in [2.45, 2.75) is 19.8 Å². The molecule has 0 bridgehead atoms. The highest BCUT2D eigenvalue weighted by molar-refractivity contribution is 5.66. The van der Waals surface area contributed by atoms with Crippen molar-refractivity contribution in [1.82, 2.24) is 0 Å².